The molecule has 0 N–H and O–H groups in total. The van der Waals surface area contributed by atoms with Gasteiger partial charge in [0.05, 0.1) is 11.1 Å². The number of aromatic nitrogens is 1. The first-order valence-electron chi connectivity index (χ1n) is 5.30. The third-order valence-corrected chi connectivity index (χ3v) is 3.32. The van der Waals surface area contributed by atoms with E-state index in [1.807, 2.05) is 18.2 Å². The molecule has 1 aliphatic carbocycles. The summed E-state index contributed by atoms with van der Waals surface area (Å²) in [6, 6.07) is 7.84. The second kappa shape index (κ2) is 3.47. The Morgan fingerprint density at radius 1 is 1.31 bits per heavy atom. The third kappa shape index (κ3) is 1.29. The van der Waals surface area contributed by atoms with Gasteiger partial charge >= 0.3 is 0 Å². The first kappa shape index (κ1) is 9.62. The van der Waals surface area contributed by atoms with Gasteiger partial charge in [-0.25, -0.2) is 0 Å². The normalized spacial score (nSPS) is 13.8. The fraction of sp³-hybridized carbons (Fsp3) is 0.231. The van der Waals surface area contributed by atoms with Crippen molar-refractivity contribution in [2.24, 2.45) is 0 Å². The number of pyridine rings is 1. The monoisotopic (exact) mass is 228 g/mol. The average Bonchev–Trinajstić information content (AvgIpc) is 2.73. The Bertz CT molecular complexity index is 626. The van der Waals surface area contributed by atoms with E-state index in [4.69, 9.17) is 11.6 Å². The molecule has 16 heavy (non-hydrogen) atoms. The lowest BCUT2D eigenvalue weighted by Gasteiger charge is -2.06. The van der Waals surface area contributed by atoms with Crippen molar-refractivity contribution in [2.45, 2.75) is 19.3 Å². The quantitative estimate of drug-likeness (QED) is 0.694. The molecule has 0 aliphatic heterocycles. The van der Waals surface area contributed by atoms with Crippen LogP contribution in [0.3, 0.4) is 0 Å². The van der Waals surface area contributed by atoms with Crippen molar-refractivity contribution in [2.75, 3.05) is 0 Å². The Hall–Kier alpha value is -1.59. The Morgan fingerprint density at radius 2 is 2.19 bits per heavy atom. The van der Waals surface area contributed by atoms with E-state index in [9.17, 15) is 5.26 Å². The molecule has 3 heteroatoms. The van der Waals surface area contributed by atoms with Gasteiger partial charge in [-0.1, -0.05) is 11.6 Å². The Kier molecular flexibility index (Phi) is 2.08. The number of halogens is 1. The van der Waals surface area contributed by atoms with Gasteiger partial charge in [0, 0.05) is 16.1 Å². The molecule has 0 unspecified atom stereocenters. The van der Waals surface area contributed by atoms with Crippen LogP contribution < -0.4 is 0 Å². The first-order chi connectivity index (χ1) is 7.79. The molecule has 0 spiro atoms. The fourth-order valence-corrected chi connectivity index (χ4v) is 2.53. The van der Waals surface area contributed by atoms with Crippen LogP contribution in [-0.2, 0) is 12.8 Å². The largest absolute Gasteiger partial charge is 0.252 e. The molecular weight excluding hydrogens is 220 g/mol. The van der Waals surface area contributed by atoms with Gasteiger partial charge in [-0.05, 0) is 43.0 Å². The molecule has 0 fully saturated rings. The lowest BCUT2D eigenvalue weighted by atomic mass is 10.0. The van der Waals surface area contributed by atoms with Crippen LogP contribution >= 0.6 is 11.6 Å². The lowest BCUT2D eigenvalue weighted by molar-refractivity contribution is 0.901. The van der Waals surface area contributed by atoms with Crippen LogP contribution in [0.1, 0.15) is 23.2 Å². The first-order valence-corrected chi connectivity index (χ1v) is 5.68. The molecule has 0 radical (unpaired) electrons. The molecule has 2 aromatic rings. The number of aryl methyl sites for hydroxylation is 1. The Balaban J connectivity index is 2.46. The molecule has 1 aromatic heterocycles. The van der Waals surface area contributed by atoms with E-state index < -0.39 is 0 Å². The molecule has 1 aromatic carbocycles. The average molecular weight is 229 g/mol. The van der Waals surface area contributed by atoms with E-state index >= 15 is 0 Å². The number of nitrogens with zero attached hydrogens (tertiary/aromatic N) is 2. The molecule has 1 heterocycles. The second-order valence-corrected chi connectivity index (χ2v) is 4.48. The molecule has 3 rings (SSSR count). The molecule has 78 valence electrons. The molecule has 0 amide bonds. The van der Waals surface area contributed by atoms with Gasteiger partial charge in [0.2, 0.25) is 0 Å². The summed E-state index contributed by atoms with van der Waals surface area (Å²) in [7, 11) is 0. The van der Waals surface area contributed by atoms with Crippen LogP contribution in [0.25, 0.3) is 10.9 Å². The van der Waals surface area contributed by atoms with E-state index in [-0.39, 0.29) is 0 Å². The molecule has 0 saturated heterocycles. The minimum absolute atomic E-state index is 0.656. The van der Waals surface area contributed by atoms with Gasteiger partial charge < -0.3 is 0 Å². The molecule has 0 atom stereocenters. The smallest absolute Gasteiger partial charge is 0.100 e. The number of nitriles is 1. The highest BCUT2D eigenvalue weighted by atomic mass is 35.5. The van der Waals surface area contributed by atoms with Crippen LogP contribution in [-0.4, -0.2) is 4.98 Å². The van der Waals surface area contributed by atoms with E-state index in [0.29, 0.717) is 5.02 Å². The summed E-state index contributed by atoms with van der Waals surface area (Å²) in [6.07, 6.45) is 3.05. The number of benzene rings is 1. The van der Waals surface area contributed by atoms with Crippen molar-refractivity contribution in [3.8, 4) is 6.07 Å². The van der Waals surface area contributed by atoms with Crippen LogP contribution in [0.2, 0.25) is 5.02 Å². The predicted molar refractivity (Wildman–Crippen MR) is 63.5 cm³/mol. The summed E-state index contributed by atoms with van der Waals surface area (Å²) >= 11 is 5.96. The fourth-order valence-electron chi connectivity index (χ4n) is 2.36. The van der Waals surface area contributed by atoms with Gasteiger partial charge in [0.15, 0.2) is 0 Å². The molecule has 0 bridgehead atoms. The standard InChI is InChI=1S/C13H9ClN2/c14-8-4-5-13-10(6-8)11(7-15)9-2-1-3-12(9)16-13/h4-6H,1-3H2. The van der Waals surface area contributed by atoms with Crippen LogP contribution in [0.5, 0.6) is 0 Å². The summed E-state index contributed by atoms with van der Waals surface area (Å²) in [6.45, 7) is 0. The molecule has 2 nitrogen and oxygen atoms in total. The van der Waals surface area contributed by atoms with Gasteiger partial charge in [-0.3, -0.25) is 4.98 Å². The van der Waals surface area contributed by atoms with Gasteiger partial charge in [0.1, 0.15) is 6.07 Å². The summed E-state index contributed by atoms with van der Waals surface area (Å²) in [4.78, 5) is 4.60. The molecular formula is C13H9ClN2. The highest BCUT2D eigenvalue weighted by Crippen LogP contribution is 2.30. The van der Waals surface area contributed by atoms with Crippen molar-refractivity contribution < 1.29 is 0 Å². The summed E-state index contributed by atoms with van der Waals surface area (Å²) in [5, 5.41) is 10.8. The van der Waals surface area contributed by atoms with Crippen LogP contribution in [0.15, 0.2) is 18.2 Å². The Labute approximate surface area is 98.5 Å². The summed E-state index contributed by atoms with van der Waals surface area (Å²) < 4.78 is 0. The van der Waals surface area contributed by atoms with Crippen molar-refractivity contribution >= 4 is 22.5 Å². The zero-order valence-electron chi connectivity index (χ0n) is 8.63. The highest BCUT2D eigenvalue weighted by molar-refractivity contribution is 6.31. The SMILES string of the molecule is N#Cc1c2c(nc3ccc(Cl)cc13)CCC2. The Morgan fingerprint density at radius 3 is 3.00 bits per heavy atom. The number of rotatable bonds is 0. The van der Waals surface area contributed by atoms with Crippen LogP contribution in [0.4, 0.5) is 0 Å². The van der Waals surface area contributed by atoms with E-state index in [1.54, 1.807) is 0 Å². The topological polar surface area (TPSA) is 36.7 Å². The van der Waals surface area contributed by atoms with Crippen LogP contribution in [0, 0.1) is 11.3 Å². The lowest BCUT2D eigenvalue weighted by Crippen LogP contribution is -1.95. The molecule has 1 aliphatic rings. The third-order valence-electron chi connectivity index (χ3n) is 3.09. The van der Waals surface area contributed by atoms with Crippen molar-refractivity contribution in [1.82, 2.24) is 4.98 Å². The van der Waals surface area contributed by atoms with E-state index in [2.05, 4.69) is 11.1 Å². The van der Waals surface area contributed by atoms with Crippen molar-refractivity contribution in [3.63, 3.8) is 0 Å². The zero-order chi connectivity index (χ0) is 11.1. The number of hydrogen-bond acceptors (Lipinski definition) is 2. The summed E-state index contributed by atoms with van der Waals surface area (Å²) in [5.41, 5.74) is 3.85. The van der Waals surface area contributed by atoms with Gasteiger partial charge in [-0.2, -0.15) is 5.26 Å². The minimum Gasteiger partial charge on any atom is -0.252 e. The minimum atomic E-state index is 0.656. The maximum Gasteiger partial charge on any atom is 0.100 e. The second-order valence-electron chi connectivity index (χ2n) is 4.04. The highest BCUT2D eigenvalue weighted by Gasteiger charge is 2.19. The maximum atomic E-state index is 9.27. The van der Waals surface area contributed by atoms with E-state index in [0.717, 1.165) is 47.0 Å². The number of fused-ring (bicyclic) bond motifs is 2. The van der Waals surface area contributed by atoms with E-state index in [1.165, 1.54) is 0 Å². The molecule has 0 saturated carbocycles. The van der Waals surface area contributed by atoms with Crippen molar-refractivity contribution in [3.05, 3.63) is 40.0 Å². The van der Waals surface area contributed by atoms with Gasteiger partial charge in [0.25, 0.3) is 0 Å². The zero-order valence-corrected chi connectivity index (χ0v) is 9.38. The van der Waals surface area contributed by atoms with Crippen molar-refractivity contribution in [1.29, 1.82) is 5.26 Å². The maximum absolute atomic E-state index is 9.27. The number of hydrogen-bond donors (Lipinski definition) is 0. The predicted octanol–water partition coefficient (Wildman–Crippen LogP) is 3.25. The van der Waals surface area contributed by atoms with Gasteiger partial charge in [-0.15, -0.1) is 0 Å². The summed E-state index contributed by atoms with van der Waals surface area (Å²) in [5.74, 6) is 0.